The normalized spacial score (nSPS) is 11.0. The summed E-state index contributed by atoms with van der Waals surface area (Å²) in [5, 5.41) is 17.1. The molecule has 1 aromatic heterocycles. The topological polar surface area (TPSA) is 88.7 Å². The van der Waals surface area contributed by atoms with Crippen LogP contribution < -0.4 is 5.32 Å². The average molecular weight is 554 g/mol. The first kappa shape index (κ1) is 26.0. The van der Waals surface area contributed by atoms with Gasteiger partial charge >= 0.3 is 0 Å². The van der Waals surface area contributed by atoms with Gasteiger partial charge in [0, 0.05) is 11.1 Å². The molecule has 0 aliphatic rings. The Labute approximate surface area is 234 Å². The minimum Gasteiger partial charge on any atom is -0.324 e. The molecule has 0 bridgehead atoms. The van der Waals surface area contributed by atoms with Crippen LogP contribution in [0, 0.1) is 0 Å². The van der Waals surface area contributed by atoms with E-state index in [1.807, 2.05) is 60.7 Å². The van der Waals surface area contributed by atoms with E-state index in [-0.39, 0.29) is 0 Å². The summed E-state index contributed by atoms with van der Waals surface area (Å²) in [6, 6.07) is 32.5. The number of rotatable bonds is 7. The Kier molecular flexibility index (Phi) is 7.91. The highest BCUT2D eigenvalue weighted by atomic mass is 35.5. The lowest BCUT2D eigenvalue weighted by atomic mass is 10.1. The summed E-state index contributed by atoms with van der Waals surface area (Å²) < 4.78 is 1.21. The molecule has 4 aromatic carbocycles. The van der Waals surface area contributed by atoms with Crippen LogP contribution >= 0.6 is 23.2 Å². The molecule has 0 aliphatic heterocycles. The second kappa shape index (κ2) is 11.9. The molecule has 0 fully saturated rings. The predicted octanol–water partition coefficient (Wildman–Crippen LogP) is 8.61. The van der Waals surface area contributed by atoms with Gasteiger partial charge in [-0.15, -0.1) is 10.2 Å². The van der Waals surface area contributed by atoms with Gasteiger partial charge in [-0.25, -0.2) is 0 Å². The Morgan fingerprint density at radius 1 is 0.718 bits per heavy atom. The molecule has 0 radical (unpaired) electrons. The van der Waals surface area contributed by atoms with E-state index in [4.69, 9.17) is 23.2 Å². The fraction of sp³-hybridized carbons (Fsp3) is 0.0333. The molecule has 0 unspecified atom stereocenters. The number of halogens is 2. The monoisotopic (exact) mass is 553 g/mol. The van der Waals surface area contributed by atoms with Gasteiger partial charge in [-0.05, 0) is 24.3 Å². The molecule has 7 nitrogen and oxygen atoms in total. The number of carbonyl (C=O) groups excluding carboxylic acids is 2. The number of aromatic nitrogens is 2. The summed E-state index contributed by atoms with van der Waals surface area (Å²) in [7, 11) is 0. The summed E-state index contributed by atoms with van der Waals surface area (Å²) in [5.41, 5.74) is 3.50. The quantitative estimate of drug-likeness (QED) is 0.161. The molecule has 0 spiro atoms. The minimum absolute atomic E-state index is 0.368. The van der Waals surface area contributed by atoms with Crippen LogP contribution in [-0.4, -0.2) is 21.6 Å². The smallest absolute Gasteiger partial charge is 0.256 e. The van der Waals surface area contributed by atoms with E-state index in [2.05, 4.69) is 20.6 Å². The largest absolute Gasteiger partial charge is 0.324 e. The summed E-state index contributed by atoms with van der Waals surface area (Å²) in [6.07, 6.45) is -0.470. The highest BCUT2D eigenvalue weighted by Crippen LogP contribution is 2.40. The van der Waals surface area contributed by atoms with Crippen LogP contribution in [0.5, 0.6) is 0 Å². The van der Waals surface area contributed by atoms with Crippen molar-refractivity contribution in [1.82, 2.24) is 9.78 Å². The van der Waals surface area contributed by atoms with E-state index < -0.39 is 18.2 Å². The van der Waals surface area contributed by atoms with Crippen LogP contribution in [0.1, 0.15) is 11.2 Å². The summed E-state index contributed by atoms with van der Waals surface area (Å²) >= 11 is 12.5. The van der Waals surface area contributed by atoms with E-state index in [1.54, 1.807) is 48.5 Å². The van der Waals surface area contributed by atoms with Crippen molar-refractivity contribution < 1.29 is 9.59 Å². The number of anilines is 1. The Bertz CT molecular complexity index is 1670. The number of para-hydroxylation sites is 1. The summed E-state index contributed by atoms with van der Waals surface area (Å²) in [4.78, 5) is 26.4. The highest BCUT2D eigenvalue weighted by Gasteiger charge is 2.26. The summed E-state index contributed by atoms with van der Waals surface area (Å²) in [6.45, 7) is 0. The third kappa shape index (κ3) is 5.95. The number of nitrogens with zero attached hydrogens (tertiary/aromatic N) is 4. The molecule has 0 aliphatic carbocycles. The number of carbonyl (C=O) groups is 2. The van der Waals surface area contributed by atoms with E-state index in [9.17, 15) is 9.59 Å². The second-order valence-corrected chi connectivity index (χ2v) is 9.25. The zero-order valence-corrected chi connectivity index (χ0v) is 22.0. The van der Waals surface area contributed by atoms with Gasteiger partial charge in [0.2, 0.25) is 5.91 Å². The molecule has 5 aromatic rings. The first-order valence-corrected chi connectivity index (χ1v) is 12.7. The lowest BCUT2D eigenvalue weighted by molar-refractivity contribution is -0.115. The molecule has 39 heavy (non-hydrogen) atoms. The first-order chi connectivity index (χ1) is 19.0. The van der Waals surface area contributed by atoms with Gasteiger partial charge < -0.3 is 5.32 Å². The van der Waals surface area contributed by atoms with Crippen molar-refractivity contribution in [2.75, 3.05) is 5.32 Å². The Hall–Kier alpha value is -4.59. The third-order valence-electron chi connectivity index (χ3n) is 5.76. The molecule has 1 amide bonds. The van der Waals surface area contributed by atoms with Gasteiger partial charge in [0.05, 0.1) is 15.7 Å². The Balaban J connectivity index is 1.61. The van der Waals surface area contributed by atoms with Gasteiger partial charge in [-0.3, -0.25) is 9.59 Å². The van der Waals surface area contributed by atoms with Gasteiger partial charge in [0.1, 0.15) is 29.2 Å². The van der Waals surface area contributed by atoms with Crippen molar-refractivity contribution in [3.8, 4) is 22.5 Å². The van der Waals surface area contributed by atoms with Crippen molar-refractivity contribution in [3.05, 3.63) is 119 Å². The Morgan fingerprint density at radius 3 is 1.97 bits per heavy atom. The lowest BCUT2D eigenvalue weighted by Gasteiger charge is -2.09. The zero-order chi connectivity index (χ0) is 27.2. The number of amides is 1. The van der Waals surface area contributed by atoms with Crippen LogP contribution in [0.3, 0.4) is 0 Å². The SMILES string of the molecule is O=C(CC(=O)n1nc(-c2ccccc2)c(N=Nc2ccccc2Cl)c1-c1ccccc1)Nc1ccccc1Cl. The number of benzene rings is 4. The maximum Gasteiger partial charge on any atom is 0.256 e. The predicted molar refractivity (Wildman–Crippen MR) is 154 cm³/mol. The van der Waals surface area contributed by atoms with Crippen molar-refractivity contribution in [2.24, 2.45) is 10.2 Å². The number of nitrogens with one attached hydrogen (secondary N) is 1. The van der Waals surface area contributed by atoms with E-state index >= 15 is 0 Å². The van der Waals surface area contributed by atoms with Crippen molar-refractivity contribution in [2.45, 2.75) is 6.42 Å². The fourth-order valence-electron chi connectivity index (χ4n) is 3.94. The van der Waals surface area contributed by atoms with E-state index in [0.717, 1.165) is 5.56 Å². The van der Waals surface area contributed by atoms with Crippen LogP contribution in [0.15, 0.2) is 119 Å². The number of hydrogen-bond donors (Lipinski definition) is 1. The van der Waals surface area contributed by atoms with Crippen LogP contribution in [-0.2, 0) is 4.79 Å². The summed E-state index contributed by atoms with van der Waals surface area (Å²) in [5.74, 6) is -1.07. The molecule has 0 saturated carbocycles. The van der Waals surface area contributed by atoms with Gasteiger partial charge in [-0.2, -0.15) is 9.78 Å². The van der Waals surface area contributed by atoms with Crippen molar-refractivity contribution in [1.29, 1.82) is 0 Å². The maximum absolute atomic E-state index is 13.6. The zero-order valence-electron chi connectivity index (χ0n) is 20.5. The van der Waals surface area contributed by atoms with Crippen LogP contribution in [0.2, 0.25) is 10.0 Å². The first-order valence-electron chi connectivity index (χ1n) is 12.0. The third-order valence-corrected chi connectivity index (χ3v) is 6.41. The Morgan fingerprint density at radius 2 is 1.31 bits per heavy atom. The van der Waals surface area contributed by atoms with Crippen molar-refractivity contribution >= 4 is 52.1 Å². The number of azo groups is 1. The molecule has 192 valence electrons. The number of hydrogen-bond acceptors (Lipinski definition) is 5. The van der Waals surface area contributed by atoms with Crippen LogP contribution in [0.25, 0.3) is 22.5 Å². The minimum atomic E-state index is -0.546. The fourth-order valence-corrected chi connectivity index (χ4v) is 4.29. The molecule has 5 rings (SSSR count). The molecule has 1 N–H and O–H groups in total. The second-order valence-electron chi connectivity index (χ2n) is 8.44. The standard InChI is InChI=1S/C30H21Cl2N5O2/c31-22-15-7-9-17-24(22)33-26(38)19-27(39)37-30(21-13-5-2-6-14-21)29(28(36-37)20-11-3-1-4-12-20)35-34-25-18-10-8-16-23(25)32/h1-18H,19H2,(H,33,38). The van der Waals surface area contributed by atoms with Crippen molar-refractivity contribution in [3.63, 3.8) is 0 Å². The molecular formula is C30H21Cl2N5O2. The van der Waals surface area contributed by atoms with Gasteiger partial charge in [0.15, 0.2) is 0 Å². The molecule has 0 saturated heterocycles. The van der Waals surface area contributed by atoms with E-state index in [0.29, 0.717) is 44.1 Å². The average Bonchev–Trinajstić information content (AvgIpc) is 3.34. The van der Waals surface area contributed by atoms with Crippen LogP contribution in [0.4, 0.5) is 17.1 Å². The molecule has 0 atom stereocenters. The maximum atomic E-state index is 13.6. The molecule has 1 heterocycles. The molecule has 9 heteroatoms. The van der Waals surface area contributed by atoms with Gasteiger partial charge in [0.25, 0.3) is 5.91 Å². The highest BCUT2D eigenvalue weighted by molar-refractivity contribution is 6.34. The molecular weight excluding hydrogens is 533 g/mol. The van der Waals surface area contributed by atoms with E-state index in [1.165, 1.54) is 4.68 Å². The van der Waals surface area contributed by atoms with Gasteiger partial charge in [-0.1, -0.05) is 108 Å². The lowest BCUT2D eigenvalue weighted by Crippen LogP contribution is -2.22.